The molecule has 1 aromatic carbocycles. The number of benzene rings is 1. The van der Waals surface area contributed by atoms with Crippen molar-refractivity contribution in [3.8, 4) is 0 Å². The Hall–Kier alpha value is -1.88. The van der Waals surface area contributed by atoms with Crippen LogP contribution in [0.1, 0.15) is 18.5 Å². The summed E-state index contributed by atoms with van der Waals surface area (Å²) in [6.07, 6.45) is 3.95. The minimum Gasteiger partial charge on any atom is -0.366 e. The minimum atomic E-state index is -0.160. The van der Waals surface area contributed by atoms with E-state index < -0.39 is 0 Å². The van der Waals surface area contributed by atoms with E-state index in [1.165, 1.54) is 6.07 Å². The summed E-state index contributed by atoms with van der Waals surface area (Å²) in [7, 11) is 6.05. The number of piperazine rings is 1. The van der Waals surface area contributed by atoms with Gasteiger partial charge >= 0.3 is 0 Å². The van der Waals surface area contributed by atoms with Gasteiger partial charge < -0.3 is 20.0 Å². The Bertz CT molecular complexity index is 815. The van der Waals surface area contributed by atoms with Crippen molar-refractivity contribution in [2.75, 3.05) is 58.3 Å². The topological polar surface area (TPSA) is 51.9 Å². The van der Waals surface area contributed by atoms with Gasteiger partial charge in [0.2, 0.25) is 0 Å². The Kier molecular flexibility index (Phi) is 9.35. The second-order valence-electron chi connectivity index (χ2n) is 7.55. The second-order valence-corrected chi connectivity index (χ2v) is 7.55. The molecule has 0 bridgehead atoms. The summed E-state index contributed by atoms with van der Waals surface area (Å²) in [5.41, 5.74) is 1.83. The van der Waals surface area contributed by atoms with Gasteiger partial charge in [-0.05, 0) is 33.2 Å². The minimum absolute atomic E-state index is 0. The standard InChI is InChI=1S/C21H32FN7.HI/c1-5-23-21(24-15-20(26(2)3)17-14-25-27(4)16-17)29-12-10-28(11-13-29)19-9-7-6-8-18(19)22;/h6-9,14,16,20H,5,10-13,15H2,1-4H3,(H,23,24);1H. The molecule has 2 heterocycles. The first-order valence-electron chi connectivity index (χ1n) is 10.2. The first-order valence-corrected chi connectivity index (χ1v) is 10.2. The number of hydrogen-bond acceptors (Lipinski definition) is 4. The molecule has 1 atom stereocenters. The fourth-order valence-corrected chi connectivity index (χ4v) is 3.65. The van der Waals surface area contributed by atoms with E-state index in [0.29, 0.717) is 12.2 Å². The number of nitrogens with one attached hydrogen (secondary N) is 1. The summed E-state index contributed by atoms with van der Waals surface area (Å²) in [5.74, 6) is 0.753. The summed E-state index contributed by atoms with van der Waals surface area (Å²) in [6.45, 7) is 6.69. The van der Waals surface area contributed by atoms with Crippen LogP contribution < -0.4 is 10.2 Å². The number of anilines is 1. The van der Waals surface area contributed by atoms with Gasteiger partial charge in [-0.15, -0.1) is 24.0 Å². The maximum Gasteiger partial charge on any atom is 0.194 e. The molecule has 9 heteroatoms. The van der Waals surface area contributed by atoms with Crippen LogP contribution in [0.15, 0.2) is 41.7 Å². The van der Waals surface area contributed by atoms with Crippen molar-refractivity contribution in [2.24, 2.45) is 12.0 Å². The van der Waals surface area contributed by atoms with Crippen molar-refractivity contribution in [1.29, 1.82) is 0 Å². The van der Waals surface area contributed by atoms with Gasteiger partial charge in [-0.3, -0.25) is 9.67 Å². The number of halogens is 2. The van der Waals surface area contributed by atoms with Gasteiger partial charge in [0.25, 0.3) is 0 Å². The molecule has 2 aromatic rings. The molecule has 1 unspecified atom stereocenters. The number of aryl methyl sites for hydroxylation is 1. The third kappa shape index (κ3) is 6.07. The number of guanidine groups is 1. The zero-order valence-corrected chi connectivity index (χ0v) is 20.6. The Morgan fingerprint density at radius 3 is 2.50 bits per heavy atom. The SMILES string of the molecule is CCNC(=NCC(c1cnn(C)c1)N(C)C)N1CCN(c2ccccc2F)CC1.I. The van der Waals surface area contributed by atoms with Crippen LogP contribution in [-0.4, -0.2) is 78.9 Å². The lowest BCUT2D eigenvalue weighted by molar-refractivity contribution is 0.303. The van der Waals surface area contributed by atoms with Crippen molar-refractivity contribution in [3.63, 3.8) is 0 Å². The van der Waals surface area contributed by atoms with Gasteiger partial charge in [0.1, 0.15) is 5.82 Å². The molecular weight excluding hydrogens is 496 g/mol. The fourth-order valence-electron chi connectivity index (χ4n) is 3.65. The number of rotatable bonds is 6. The highest BCUT2D eigenvalue weighted by Crippen LogP contribution is 2.21. The van der Waals surface area contributed by atoms with Crippen molar-refractivity contribution in [2.45, 2.75) is 13.0 Å². The van der Waals surface area contributed by atoms with Crippen LogP contribution in [0.4, 0.5) is 10.1 Å². The number of nitrogens with zero attached hydrogens (tertiary/aromatic N) is 6. The van der Waals surface area contributed by atoms with E-state index in [2.05, 4.69) is 46.1 Å². The molecule has 1 fully saturated rings. The molecule has 0 aliphatic carbocycles. The average molecular weight is 529 g/mol. The van der Waals surface area contributed by atoms with E-state index in [1.54, 1.807) is 6.07 Å². The molecule has 0 saturated carbocycles. The van der Waals surface area contributed by atoms with Crippen molar-refractivity contribution < 1.29 is 4.39 Å². The maximum absolute atomic E-state index is 14.1. The third-order valence-electron chi connectivity index (χ3n) is 5.25. The van der Waals surface area contributed by atoms with Gasteiger partial charge in [-0.2, -0.15) is 5.10 Å². The first-order chi connectivity index (χ1) is 14.0. The van der Waals surface area contributed by atoms with Gasteiger partial charge in [0.15, 0.2) is 5.96 Å². The van der Waals surface area contributed by atoms with E-state index in [0.717, 1.165) is 44.2 Å². The highest BCUT2D eigenvalue weighted by atomic mass is 127. The largest absolute Gasteiger partial charge is 0.366 e. The molecule has 3 rings (SSSR count). The lowest BCUT2D eigenvalue weighted by Gasteiger charge is -2.38. The van der Waals surface area contributed by atoms with Crippen LogP contribution in [0.25, 0.3) is 0 Å². The molecular formula is C21H33FIN7. The van der Waals surface area contributed by atoms with Gasteiger partial charge in [0.05, 0.1) is 24.5 Å². The van der Waals surface area contributed by atoms with Crippen LogP contribution in [-0.2, 0) is 7.05 Å². The first kappa shape index (κ1) is 24.4. The summed E-state index contributed by atoms with van der Waals surface area (Å²) in [6, 6.07) is 7.15. The average Bonchev–Trinajstić information content (AvgIpc) is 3.13. The maximum atomic E-state index is 14.1. The van der Waals surface area contributed by atoms with Crippen molar-refractivity contribution in [1.82, 2.24) is 24.9 Å². The molecule has 1 N–H and O–H groups in total. The van der Waals surface area contributed by atoms with Gasteiger partial charge in [0, 0.05) is 51.5 Å². The molecule has 1 aromatic heterocycles. The fraction of sp³-hybridized carbons (Fsp3) is 0.524. The highest BCUT2D eigenvalue weighted by Gasteiger charge is 2.22. The van der Waals surface area contributed by atoms with E-state index in [4.69, 9.17) is 4.99 Å². The monoisotopic (exact) mass is 529 g/mol. The molecule has 0 radical (unpaired) electrons. The number of aromatic nitrogens is 2. The summed E-state index contributed by atoms with van der Waals surface area (Å²) in [5, 5.41) is 7.71. The molecule has 1 aliphatic heterocycles. The van der Waals surface area contributed by atoms with Crippen LogP contribution in [0.2, 0.25) is 0 Å². The van der Waals surface area contributed by atoms with Crippen LogP contribution >= 0.6 is 24.0 Å². The molecule has 0 amide bonds. The van der Waals surface area contributed by atoms with E-state index in [-0.39, 0.29) is 35.8 Å². The normalized spacial score (nSPS) is 15.9. The zero-order chi connectivity index (χ0) is 20.8. The highest BCUT2D eigenvalue weighted by molar-refractivity contribution is 14.0. The van der Waals surface area contributed by atoms with Gasteiger partial charge in [-0.1, -0.05) is 12.1 Å². The predicted molar refractivity (Wildman–Crippen MR) is 131 cm³/mol. The van der Waals surface area contributed by atoms with E-state index >= 15 is 0 Å². The number of para-hydroxylation sites is 1. The van der Waals surface area contributed by atoms with Gasteiger partial charge in [-0.25, -0.2) is 4.39 Å². The van der Waals surface area contributed by atoms with Crippen LogP contribution in [0.3, 0.4) is 0 Å². The van der Waals surface area contributed by atoms with E-state index in [9.17, 15) is 4.39 Å². The molecule has 1 aliphatic rings. The van der Waals surface area contributed by atoms with Crippen molar-refractivity contribution >= 4 is 35.6 Å². The van der Waals surface area contributed by atoms with Crippen LogP contribution in [0.5, 0.6) is 0 Å². The summed E-state index contributed by atoms with van der Waals surface area (Å²) < 4.78 is 15.9. The lowest BCUT2D eigenvalue weighted by Crippen LogP contribution is -2.53. The Morgan fingerprint density at radius 2 is 1.93 bits per heavy atom. The summed E-state index contributed by atoms with van der Waals surface area (Å²) in [4.78, 5) is 11.5. The molecule has 0 spiro atoms. The number of hydrogen-bond donors (Lipinski definition) is 1. The number of aliphatic imine (C=N–C) groups is 1. The molecule has 1 saturated heterocycles. The Labute approximate surface area is 196 Å². The Balaban J connectivity index is 0.00000320. The smallest absolute Gasteiger partial charge is 0.194 e. The Morgan fingerprint density at radius 1 is 1.23 bits per heavy atom. The van der Waals surface area contributed by atoms with Crippen LogP contribution in [0, 0.1) is 5.82 Å². The lowest BCUT2D eigenvalue weighted by atomic mass is 10.1. The van der Waals surface area contributed by atoms with E-state index in [1.807, 2.05) is 36.3 Å². The molecule has 30 heavy (non-hydrogen) atoms. The molecule has 166 valence electrons. The zero-order valence-electron chi connectivity index (χ0n) is 18.3. The summed E-state index contributed by atoms with van der Waals surface area (Å²) >= 11 is 0. The second kappa shape index (κ2) is 11.5. The number of likely N-dealkylation sites (N-methyl/N-ethyl adjacent to an activating group) is 1. The molecule has 7 nitrogen and oxygen atoms in total. The van der Waals surface area contributed by atoms with Crippen molar-refractivity contribution in [3.05, 3.63) is 48.0 Å². The predicted octanol–water partition coefficient (Wildman–Crippen LogP) is 2.57. The quantitative estimate of drug-likeness (QED) is 0.354. The third-order valence-corrected chi connectivity index (χ3v) is 5.25.